The summed E-state index contributed by atoms with van der Waals surface area (Å²) in [5.74, 6) is 9.19. The Morgan fingerprint density at radius 3 is 2.55 bits per heavy atom. The zero-order valence-corrected chi connectivity index (χ0v) is 13.6. The van der Waals surface area contributed by atoms with Crippen molar-refractivity contribution < 1.29 is 9.47 Å². The second kappa shape index (κ2) is 8.51. The maximum Gasteiger partial charge on any atom is 0.118 e. The number of benzene rings is 1. The second-order valence-corrected chi connectivity index (χ2v) is 7.19. The second-order valence-electron chi connectivity index (χ2n) is 4.40. The molecule has 1 aromatic carbocycles. The zero-order chi connectivity index (χ0) is 14.2. The van der Waals surface area contributed by atoms with Gasteiger partial charge in [0.1, 0.15) is 18.5 Å². The molecule has 1 atom stereocenters. The standard InChI is InChI=1S/C16H20O2S2/c1-3-4-10-18-15(16-19-11-5-12-20-16)13-6-8-14(17-2)9-7-13/h6-9,15-16H,5,10-12H2,1-2H3. The number of hydrogen-bond acceptors (Lipinski definition) is 4. The lowest BCUT2D eigenvalue weighted by Gasteiger charge is -2.29. The van der Waals surface area contributed by atoms with E-state index >= 15 is 0 Å². The molecule has 0 saturated carbocycles. The molecule has 1 unspecified atom stereocenters. The molecule has 0 N–H and O–H groups in total. The Kier molecular flexibility index (Phi) is 6.65. The summed E-state index contributed by atoms with van der Waals surface area (Å²) in [4.78, 5) is 0. The monoisotopic (exact) mass is 308 g/mol. The molecule has 1 aromatic rings. The molecule has 20 heavy (non-hydrogen) atoms. The number of hydrogen-bond donors (Lipinski definition) is 0. The van der Waals surface area contributed by atoms with Crippen LogP contribution in [0.4, 0.5) is 0 Å². The van der Waals surface area contributed by atoms with Gasteiger partial charge in [0.2, 0.25) is 0 Å². The first-order chi connectivity index (χ1) is 9.85. The van der Waals surface area contributed by atoms with E-state index in [4.69, 9.17) is 9.47 Å². The lowest BCUT2D eigenvalue weighted by atomic mass is 10.1. The van der Waals surface area contributed by atoms with Crippen molar-refractivity contribution in [3.05, 3.63) is 29.8 Å². The van der Waals surface area contributed by atoms with Gasteiger partial charge < -0.3 is 9.47 Å². The molecule has 0 aromatic heterocycles. The van der Waals surface area contributed by atoms with Gasteiger partial charge in [-0.2, -0.15) is 0 Å². The Hall–Kier alpha value is -0.760. The molecule has 1 aliphatic heterocycles. The van der Waals surface area contributed by atoms with Crippen LogP contribution in [0.25, 0.3) is 0 Å². The van der Waals surface area contributed by atoms with Crippen LogP contribution in [0.2, 0.25) is 0 Å². The van der Waals surface area contributed by atoms with Crippen LogP contribution >= 0.6 is 23.5 Å². The highest BCUT2D eigenvalue weighted by atomic mass is 32.2. The van der Waals surface area contributed by atoms with Crippen LogP contribution in [-0.4, -0.2) is 29.8 Å². The fraction of sp³-hybridized carbons (Fsp3) is 0.500. The third-order valence-corrected chi connectivity index (χ3v) is 6.07. The maximum absolute atomic E-state index is 6.03. The summed E-state index contributed by atoms with van der Waals surface area (Å²) in [5, 5.41) is 0. The Morgan fingerprint density at radius 2 is 1.95 bits per heavy atom. The van der Waals surface area contributed by atoms with E-state index < -0.39 is 0 Å². The van der Waals surface area contributed by atoms with Crippen molar-refractivity contribution in [1.82, 2.24) is 0 Å². The van der Waals surface area contributed by atoms with Crippen molar-refractivity contribution in [2.75, 3.05) is 25.2 Å². The predicted molar refractivity (Wildman–Crippen MR) is 88.5 cm³/mol. The lowest BCUT2D eigenvalue weighted by Crippen LogP contribution is -2.20. The van der Waals surface area contributed by atoms with E-state index in [0.717, 1.165) is 5.75 Å². The highest BCUT2D eigenvalue weighted by Gasteiger charge is 2.27. The van der Waals surface area contributed by atoms with E-state index in [1.807, 2.05) is 42.6 Å². The van der Waals surface area contributed by atoms with Crippen molar-refractivity contribution in [3.8, 4) is 17.6 Å². The summed E-state index contributed by atoms with van der Waals surface area (Å²) in [6.45, 7) is 2.33. The van der Waals surface area contributed by atoms with E-state index in [0.29, 0.717) is 11.2 Å². The third kappa shape index (κ3) is 4.37. The topological polar surface area (TPSA) is 18.5 Å². The summed E-state index contributed by atoms with van der Waals surface area (Å²) in [7, 11) is 1.69. The van der Waals surface area contributed by atoms with Crippen LogP contribution in [0.15, 0.2) is 24.3 Å². The third-order valence-electron chi connectivity index (χ3n) is 3.06. The van der Waals surface area contributed by atoms with Gasteiger partial charge >= 0.3 is 0 Å². The molecule has 2 rings (SSSR count). The molecule has 0 spiro atoms. The van der Waals surface area contributed by atoms with Gasteiger partial charge in [0, 0.05) is 0 Å². The average Bonchev–Trinajstić information content (AvgIpc) is 2.53. The molecule has 1 aliphatic rings. The first kappa shape index (κ1) is 15.6. The van der Waals surface area contributed by atoms with E-state index in [9.17, 15) is 0 Å². The minimum Gasteiger partial charge on any atom is -0.497 e. The van der Waals surface area contributed by atoms with Gasteiger partial charge in [0.05, 0.1) is 11.7 Å². The Morgan fingerprint density at radius 1 is 1.25 bits per heavy atom. The quantitative estimate of drug-likeness (QED) is 0.766. The largest absolute Gasteiger partial charge is 0.497 e. The molecule has 0 bridgehead atoms. The van der Waals surface area contributed by atoms with Crippen molar-refractivity contribution in [2.24, 2.45) is 0 Å². The summed E-state index contributed by atoms with van der Waals surface area (Å²) < 4.78 is 11.7. The number of methoxy groups -OCH3 is 1. The van der Waals surface area contributed by atoms with Crippen LogP contribution in [-0.2, 0) is 4.74 Å². The van der Waals surface area contributed by atoms with Crippen LogP contribution in [0, 0.1) is 11.8 Å². The fourth-order valence-electron chi connectivity index (χ4n) is 2.01. The Balaban J connectivity index is 2.11. The summed E-state index contributed by atoms with van der Waals surface area (Å²) in [5.41, 5.74) is 1.20. The van der Waals surface area contributed by atoms with Gasteiger partial charge in [-0.25, -0.2) is 0 Å². The van der Waals surface area contributed by atoms with Gasteiger partial charge in [0.15, 0.2) is 0 Å². The summed E-state index contributed by atoms with van der Waals surface area (Å²) in [6, 6.07) is 8.18. The molecule has 1 heterocycles. The molecule has 2 nitrogen and oxygen atoms in total. The molecule has 0 radical (unpaired) electrons. The van der Waals surface area contributed by atoms with Crippen LogP contribution < -0.4 is 4.74 Å². The van der Waals surface area contributed by atoms with Crippen molar-refractivity contribution in [3.63, 3.8) is 0 Å². The molecule has 4 heteroatoms. The van der Waals surface area contributed by atoms with E-state index in [1.54, 1.807) is 7.11 Å². The van der Waals surface area contributed by atoms with Gasteiger partial charge in [-0.1, -0.05) is 18.1 Å². The first-order valence-corrected chi connectivity index (χ1v) is 8.83. The summed E-state index contributed by atoms with van der Waals surface area (Å²) >= 11 is 3.99. The molecule has 108 valence electrons. The minimum atomic E-state index is 0.0945. The average molecular weight is 308 g/mol. The highest BCUT2D eigenvalue weighted by Crippen LogP contribution is 2.41. The van der Waals surface area contributed by atoms with Gasteiger partial charge in [-0.15, -0.1) is 29.4 Å². The normalized spacial score (nSPS) is 17.1. The molecule has 0 aliphatic carbocycles. The van der Waals surface area contributed by atoms with E-state index in [1.165, 1.54) is 23.5 Å². The van der Waals surface area contributed by atoms with E-state index in [2.05, 4.69) is 24.0 Å². The molecular weight excluding hydrogens is 288 g/mol. The number of thioether (sulfide) groups is 2. The first-order valence-electron chi connectivity index (χ1n) is 6.73. The summed E-state index contributed by atoms with van der Waals surface area (Å²) in [6.07, 6.45) is 1.38. The maximum atomic E-state index is 6.03. The Bertz CT molecular complexity index is 456. The number of ether oxygens (including phenoxy) is 2. The minimum absolute atomic E-state index is 0.0945. The van der Waals surface area contributed by atoms with Gasteiger partial charge in [0.25, 0.3) is 0 Å². The van der Waals surface area contributed by atoms with Crippen LogP contribution in [0.5, 0.6) is 5.75 Å². The van der Waals surface area contributed by atoms with Crippen molar-refractivity contribution in [1.29, 1.82) is 0 Å². The van der Waals surface area contributed by atoms with Crippen LogP contribution in [0.3, 0.4) is 0 Å². The molecular formula is C16H20O2S2. The lowest BCUT2D eigenvalue weighted by molar-refractivity contribution is 0.0904. The van der Waals surface area contributed by atoms with Crippen LogP contribution in [0.1, 0.15) is 25.0 Å². The smallest absolute Gasteiger partial charge is 0.118 e. The SMILES string of the molecule is CC#CCOC(c1ccc(OC)cc1)C1SCCCS1. The fourth-order valence-corrected chi connectivity index (χ4v) is 5.06. The van der Waals surface area contributed by atoms with E-state index in [-0.39, 0.29) is 6.10 Å². The van der Waals surface area contributed by atoms with Crippen molar-refractivity contribution in [2.45, 2.75) is 24.0 Å². The number of rotatable bonds is 5. The Labute approximate surface area is 130 Å². The highest BCUT2D eigenvalue weighted by molar-refractivity contribution is 8.17. The van der Waals surface area contributed by atoms with Crippen molar-refractivity contribution >= 4 is 23.5 Å². The zero-order valence-electron chi connectivity index (χ0n) is 11.9. The van der Waals surface area contributed by atoms with Gasteiger partial charge in [-0.3, -0.25) is 0 Å². The molecule has 1 saturated heterocycles. The van der Waals surface area contributed by atoms with Gasteiger partial charge in [-0.05, 0) is 42.5 Å². The molecule has 0 amide bonds. The molecule has 1 fully saturated rings. The predicted octanol–water partition coefficient (Wildman–Crippen LogP) is 3.97.